The first-order chi connectivity index (χ1) is 8.92. The minimum atomic E-state index is -0.591. The van der Waals surface area contributed by atoms with Gasteiger partial charge in [0.15, 0.2) is 0 Å². The molecule has 0 unspecified atom stereocenters. The number of benzene rings is 1. The first kappa shape index (κ1) is 15.2. The van der Waals surface area contributed by atoms with Gasteiger partial charge in [-0.05, 0) is 19.9 Å². The van der Waals surface area contributed by atoms with Gasteiger partial charge in [0.1, 0.15) is 11.5 Å². The average molecular weight is 286 g/mol. The molecule has 0 bridgehead atoms. The number of hydrogen-bond acceptors (Lipinski definition) is 5. The fourth-order valence-electron chi connectivity index (χ4n) is 1.54. The molecule has 0 amide bonds. The van der Waals surface area contributed by atoms with Crippen molar-refractivity contribution in [2.24, 2.45) is 0 Å². The third-order valence-corrected chi connectivity index (χ3v) is 2.87. The van der Waals surface area contributed by atoms with E-state index in [-0.39, 0.29) is 34.3 Å². The zero-order valence-corrected chi connectivity index (χ0v) is 11.7. The maximum absolute atomic E-state index is 11.9. The second-order valence-corrected chi connectivity index (χ2v) is 4.20. The van der Waals surface area contributed by atoms with Gasteiger partial charge in [-0.1, -0.05) is 11.6 Å². The van der Waals surface area contributed by atoms with E-state index in [0.717, 1.165) is 0 Å². The molecule has 0 spiro atoms. The number of carbonyl (C=O) groups excluding carboxylic acids is 1. The summed E-state index contributed by atoms with van der Waals surface area (Å²) >= 11 is 5.69. The van der Waals surface area contributed by atoms with Gasteiger partial charge in [-0.3, -0.25) is 0 Å². The molecule has 0 saturated carbocycles. The van der Waals surface area contributed by atoms with Crippen molar-refractivity contribution in [3.05, 3.63) is 28.4 Å². The molecule has 0 aromatic heterocycles. The van der Waals surface area contributed by atoms with Crippen LogP contribution in [-0.2, 0) is 9.53 Å². The Hall–Kier alpha value is -1.88. The summed E-state index contributed by atoms with van der Waals surface area (Å²) < 4.78 is 4.94. The van der Waals surface area contributed by atoms with E-state index in [1.54, 1.807) is 20.9 Å². The van der Waals surface area contributed by atoms with Crippen molar-refractivity contribution in [1.82, 2.24) is 5.32 Å². The molecule has 6 heteroatoms. The minimum absolute atomic E-state index is 0.00608. The van der Waals surface area contributed by atoms with Gasteiger partial charge in [-0.2, -0.15) is 0 Å². The van der Waals surface area contributed by atoms with E-state index in [2.05, 4.69) is 5.32 Å². The molecule has 0 aliphatic heterocycles. The van der Waals surface area contributed by atoms with Crippen molar-refractivity contribution in [2.45, 2.75) is 13.8 Å². The van der Waals surface area contributed by atoms with Gasteiger partial charge in [0.05, 0.1) is 17.2 Å². The van der Waals surface area contributed by atoms with Crippen LogP contribution in [0.1, 0.15) is 19.4 Å². The molecular formula is C13H16ClNO4. The van der Waals surface area contributed by atoms with E-state index in [0.29, 0.717) is 5.70 Å². The van der Waals surface area contributed by atoms with Crippen molar-refractivity contribution in [3.63, 3.8) is 0 Å². The predicted molar refractivity (Wildman–Crippen MR) is 73.1 cm³/mol. The highest BCUT2D eigenvalue weighted by Crippen LogP contribution is 2.36. The second-order valence-electron chi connectivity index (χ2n) is 3.79. The quantitative estimate of drug-likeness (QED) is 0.449. The van der Waals surface area contributed by atoms with Crippen molar-refractivity contribution in [2.75, 3.05) is 13.7 Å². The van der Waals surface area contributed by atoms with Gasteiger partial charge in [-0.25, -0.2) is 4.79 Å². The lowest BCUT2D eigenvalue weighted by molar-refractivity contribution is -0.136. The van der Waals surface area contributed by atoms with Crippen molar-refractivity contribution >= 4 is 23.1 Å². The fraction of sp³-hybridized carbons (Fsp3) is 0.308. The maximum Gasteiger partial charge on any atom is 0.340 e. The number of hydrogen-bond donors (Lipinski definition) is 3. The summed E-state index contributed by atoms with van der Waals surface area (Å²) in [6.07, 6.45) is 0. The summed E-state index contributed by atoms with van der Waals surface area (Å²) in [6, 6.07) is 2.40. The number of phenols is 2. The van der Waals surface area contributed by atoms with Gasteiger partial charge in [-0.15, -0.1) is 0 Å². The molecule has 0 radical (unpaired) electrons. The summed E-state index contributed by atoms with van der Waals surface area (Å²) in [6.45, 7) is 3.56. The van der Waals surface area contributed by atoms with E-state index >= 15 is 0 Å². The van der Waals surface area contributed by atoms with E-state index in [9.17, 15) is 15.0 Å². The van der Waals surface area contributed by atoms with E-state index in [1.807, 2.05) is 0 Å². The van der Waals surface area contributed by atoms with Crippen LogP contribution in [0.2, 0.25) is 5.02 Å². The number of rotatable bonds is 4. The molecule has 1 aromatic rings. The van der Waals surface area contributed by atoms with Crippen LogP contribution in [-0.4, -0.2) is 29.8 Å². The lowest BCUT2D eigenvalue weighted by Gasteiger charge is -2.13. The molecule has 3 N–H and O–H groups in total. The molecule has 19 heavy (non-hydrogen) atoms. The summed E-state index contributed by atoms with van der Waals surface area (Å²) in [7, 11) is 1.64. The van der Waals surface area contributed by atoms with Gasteiger partial charge >= 0.3 is 5.97 Å². The number of esters is 1. The number of nitrogens with one attached hydrogen (secondary N) is 1. The number of ether oxygens (including phenoxy) is 1. The number of halogens is 1. The largest absolute Gasteiger partial charge is 0.507 e. The molecule has 0 atom stereocenters. The van der Waals surface area contributed by atoms with Crippen LogP contribution >= 0.6 is 11.6 Å². The lowest BCUT2D eigenvalue weighted by Crippen LogP contribution is -2.14. The topological polar surface area (TPSA) is 78.8 Å². The lowest BCUT2D eigenvalue weighted by atomic mass is 10.0. The van der Waals surface area contributed by atoms with Crippen LogP contribution in [0, 0.1) is 0 Å². The standard InChI is InChI=1S/C13H16ClNO4/c1-4-19-13(18)12(7(2)15-3)8-5-11(17)9(14)6-10(8)16/h5-6,15-17H,4H2,1-3H3/b12-7-. The molecule has 0 saturated heterocycles. The Morgan fingerprint density at radius 1 is 1.37 bits per heavy atom. The Kier molecular flexibility index (Phi) is 5.06. The number of carbonyl (C=O) groups is 1. The molecule has 0 aliphatic carbocycles. The molecule has 0 aliphatic rings. The number of allylic oxidation sites excluding steroid dienone is 1. The highest BCUT2D eigenvalue weighted by Gasteiger charge is 2.21. The van der Waals surface area contributed by atoms with Crippen LogP contribution in [0.4, 0.5) is 0 Å². The molecule has 1 rings (SSSR count). The maximum atomic E-state index is 11.9. The van der Waals surface area contributed by atoms with Gasteiger partial charge < -0.3 is 20.3 Å². The first-order valence-electron chi connectivity index (χ1n) is 5.69. The van der Waals surface area contributed by atoms with Crippen molar-refractivity contribution in [3.8, 4) is 11.5 Å². The van der Waals surface area contributed by atoms with Crippen LogP contribution in [0.5, 0.6) is 11.5 Å². The number of aromatic hydroxyl groups is 2. The van der Waals surface area contributed by atoms with Crippen molar-refractivity contribution < 1.29 is 19.7 Å². The summed E-state index contributed by atoms with van der Waals surface area (Å²) in [5.41, 5.74) is 0.816. The third kappa shape index (κ3) is 3.32. The average Bonchev–Trinajstić information content (AvgIpc) is 2.35. The van der Waals surface area contributed by atoms with Crippen LogP contribution in [0.15, 0.2) is 17.8 Å². The van der Waals surface area contributed by atoms with Crippen LogP contribution < -0.4 is 5.32 Å². The minimum Gasteiger partial charge on any atom is -0.507 e. The zero-order chi connectivity index (χ0) is 14.6. The molecule has 0 fully saturated rings. The van der Waals surface area contributed by atoms with E-state index < -0.39 is 5.97 Å². The van der Waals surface area contributed by atoms with Crippen LogP contribution in [0.3, 0.4) is 0 Å². The Morgan fingerprint density at radius 3 is 2.53 bits per heavy atom. The fourth-order valence-corrected chi connectivity index (χ4v) is 1.70. The van der Waals surface area contributed by atoms with Gasteiger partial charge in [0.2, 0.25) is 0 Å². The summed E-state index contributed by atoms with van der Waals surface area (Å²) in [5, 5.41) is 22.3. The third-order valence-electron chi connectivity index (χ3n) is 2.56. The number of phenolic OH excluding ortho intramolecular Hbond substituents is 2. The van der Waals surface area contributed by atoms with E-state index in [1.165, 1.54) is 12.1 Å². The van der Waals surface area contributed by atoms with Crippen molar-refractivity contribution in [1.29, 1.82) is 0 Å². The van der Waals surface area contributed by atoms with Crippen LogP contribution in [0.25, 0.3) is 5.57 Å². The zero-order valence-electron chi connectivity index (χ0n) is 11.0. The Bertz CT molecular complexity index is 526. The first-order valence-corrected chi connectivity index (χ1v) is 6.07. The molecule has 5 nitrogen and oxygen atoms in total. The second kappa shape index (κ2) is 6.33. The monoisotopic (exact) mass is 285 g/mol. The smallest absolute Gasteiger partial charge is 0.340 e. The Balaban J connectivity index is 3.43. The summed E-state index contributed by atoms with van der Waals surface area (Å²) in [4.78, 5) is 11.9. The molecule has 0 heterocycles. The highest BCUT2D eigenvalue weighted by atomic mass is 35.5. The normalized spacial score (nSPS) is 11.8. The van der Waals surface area contributed by atoms with E-state index in [4.69, 9.17) is 16.3 Å². The highest BCUT2D eigenvalue weighted by molar-refractivity contribution is 6.32. The molecule has 104 valence electrons. The predicted octanol–water partition coefficient (Wildman–Crippen LogP) is 2.26. The Labute approximate surface area is 116 Å². The van der Waals surface area contributed by atoms with Gasteiger partial charge in [0.25, 0.3) is 0 Å². The van der Waals surface area contributed by atoms with Gasteiger partial charge in [0, 0.05) is 24.4 Å². The SMILES string of the molecule is CCOC(=O)/C(=C(/C)NC)c1cc(O)c(Cl)cc1O. The molecule has 1 aromatic carbocycles. The molecular weight excluding hydrogens is 270 g/mol. The summed E-state index contributed by atoms with van der Waals surface area (Å²) in [5.74, 6) is -1.02. The Morgan fingerprint density at radius 2 is 2.00 bits per heavy atom.